The minimum Gasteiger partial charge on any atom is -0.421 e. The molecule has 38 heavy (non-hydrogen) atoms. The second-order valence-electron chi connectivity index (χ2n) is 8.87. The molecule has 2 aromatic carbocycles. The summed E-state index contributed by atoms with van der Waals surface area (Å²) in [5.41, 5.74) is 10.1. The number of rotatable bonds is 6. The molecular formula is C26H26Cl2N8O2. The molecular weight excluding hydrogens is 527 g/mol. The quantitative estimate of drug-likeness (QED) is 0.241. The molecule has 12 heteroatoms. The van der Waals surface area contributed by atoms with Crippen LogP contribution in [0, 0.1) is 0 Å². The molecule has 1 amide bonds. The number of hydrogen-bond acceptors (Lipinski definition) is 8. The Morgan fingerprint density at radius 2 is 2.11 bits per heavy atom. The van der Waals surface area contributed by atoms with E-state index in [4.69, 9.17) is 38.3 Å². The summed E-state index contributed by atoms with van der Waals surface area (Å²) in [6, 6.07) is 9.61. The number of halogens is 2. The molecule has 0 radical (unpaired) electrons. The van der Waals surface area contributed by atoms with Gasteiger partial charge >= 0.3 is 6.01 Å². The summed E-state index contributed by atoms with van der Waals surface area (Å²) in [4.78, 5) is 22.8. The number of oxazole rings is 1. The van der Waals surface area contributed by atoms with Crippen LogP contribution < -0.4 is 21.7 Å². The maximum absolute atomic E-state index is 13.6. The van der Waals surface area contributed by atoms with Crippen LogP contribution >= 0.6 is 23.2 Å². The van der Waals surface area contributed by atoms with Crippen molar-refractivity contribution in [2.45, 2.75) is 39.4 Å². The number of carbonyl (C=O) groups excluding carboxylic acids is 1. The molecule has 2 aromatic heterocycles. The number of nitrogens with zero attached hydrogens (tertiary/aromatic N) is 4. The van der Waals surface area contributed by atoms with Crippen LogP contribution in [0.15, 0.2) is 69.5 Å². The fourth-order valence-corrected chi connectivity index (χ4v) is 4.75. The van der Waals surface area contributed by atoms with Crippen LogP contribution in [0.3, 0.4) is 0 Å². The fourth-order valence-electron chi connectivity index (χ4n) is 4.24. The molecule has 2 atom stereocenters. The molecule has 1 aliphatic rings. The fraction of sp³-hybridized carbons (Fsp3) is 0.231. The first kappa shape index (κ1) is 25.6. The Morgan fingerprint density at radius 1 is 1.29 bits per heavy atom. The second kappa shape index (κ2) is 10.4. The van der Waals surface area contributed by atoms with Gasteiger partial charge in [0.25, 0.3) is 5.91 Å². The van der Waals surface area contributed by atoms with Gasteiger partial charge in [0, 0.05) is 39.6 Å². The predicted octanol–water partition coefficient (Wildman–Crippen LogP) is 5.20. The highest BCUT2D eigenvalue weighted by Crippen LogP contribution is 2.36. The highest BCUT2D eigenvalue weighted by molar-refractivity contribution is 6.35. The van der Waals surface area contributed by atoms with Crippen LogP contribution in [0.1, 0.15) is 44.0 Å². The molecule has 0 aliphatic carbocycles. The summed E-state index contributed by atoms with van der Waals surface area (Å²) >= 11 is 12.7. The number of nitrogens with one attached hydrogen (secondary N) is 3. The Kier molecular flexibility index (Phi) is 7.00. The third kappa shape index (κ3) is 5.05. The van der Waals surface area contributed by atoms with E-state index in [9.17, 15) is 4.79 Å². The van der Waals surface area contributed by atoms with E-state index in [2.05, 4.69) is 26.0 Å². The Hall–Kier alpha value is -4.02. The maximum atomic E-state index is 13.6. The standard InChI is InChI=1S/C26H26Cl2N8O2/c1-4-36-12-15(11-30-36)13(2)31-24(37)21-14(3)32-25(34-22(21)17-9-8-16(27)10-18(17)28)35-26-33-20-7-5-6-19(29)23(20)38-26/h5-13,22H,4,29H2,1-3H3,(H,31,37)(H2,32,33,34,35). The van der Waals surface area contributed by atoms with E-state index in [0.29, 0.717) is 49.6 Å². The Bertz CT molecular complexity index is 1590. The number of aryl methyl sites for hydroxylation is 1. The van der Waals surface area contributed by atoms with Crippen molar-refractivity contribution in [1.82, 2.24) is 25.4 Å². The second-order valence-corrected chi connectivity index (χ2v) is 9.72. The molecule has 0 fully saturated rings. The molecule has 0 bridgehead atoms. The minimum atomic E-state index is -0.733. The van der Waals surface area contributed by atoms with Crippen molar-refractivity contribution < 1.29 is 9.21 Å². The Labute approximate surface area is 228 Å². The lowest BCUT2D eigenvalue weighted by molar-refractivity contribution is -0.118. The average molecular weight is 553 g/mol. The molecule has 5 N–H and O–H groups in total. The van der Waals surface area contributed by atoms with E-state index in [0.717, 1.165) is 12.1 Å². The number of carbonyl (C=O) groups is 1. The number of allylic oxidation sites excluding steroid dienone is 1. The van der Waals surface area contributed by atoms with E-state index < -0.39 is 6.04 Å². The van der Waals surface area contributed by atoms with Crippen molar-refractivity contribution in [2.75, 3.05) is 11.1 Å². The van der Waals surface area contributed by atoms with Gasteiger partial charge in [-0.1, -0.05) is 35.3 Å². The van der Waals surface area contributed by atoms with Gasteiger partial charge in [0.2, 0.25) is 5.96 Å². The van der Waals surface area contributed by atoms with E-state index in [1.54, 1.807) is 49.5 Å². The van der Waals surface area contributed by atoms with Crippen molar-refractivity contribution in [3.05, 3.63) is 81.2 Å². The highest BCUT2D eigenvalue weighted by Gasteiger charge is 2.32. The van der Waals surface area contributed by atoms with Crippen molar-refractivity contribution >= 4 is 57.9 Å². The topological polar surface area (TPSA) is 135 Å². The van der Waals surface area contributed by atoms with Gasteiger partial charge in [0.1, 0.15) is 11.6 Å². The number of aromatic nitrogens is 3. The number of nitrogen functional groups attached to an aromatic ring is 1. The third-order valence-corrected chi connectivity index (χ3v) is 6.80. The van der Waals surface area contributed by atoms with Crippen LogP contribution in [0.25, 0.3) is 11.1 Å². The van der Waals surface area contributed by atoms with E-state index >= 15 is 0 Å². The number of hydrogen-bond donors (Lipinski definition) is 4. The van der Waals surface area contributed by atoms with Gasteiger partial charge in [-0.05, 0) is 45.0 Å². The lowest BCUT2D eigenvalue weighted by Crippen LogP contribution is -2.39. The zero-order valence-corrected chi connectivity index (χ0v) is 22.4. The minimum absolute atomic E-state index is 0.201. The molecule has 3 heterocycles. The van der Waals surface area contributed by atoms with E-state index in [1.165, 1.54) is 0 Å². The monoisotopic (exact) mass is 552 g/mol. The largest absolute Gasteiger partial charge is 0.421 e. The van der Waals surface area contributed by atoms with Crippen molar-refractivity contribution in [1.29, 1.82) is 0 Å². The summed E-state index contributed by atoms with van der Waals surface area (Å²) < 4.78 is 7.60. The zero-order valence-electron chi connectivity index (χ0n) is 20.9. The SMILES string of the molecule is CCn1cc(C(C)NC(=O)C2=C(C)NC(Nc3nc4cccc(N)c4o3)=NC2c2ccc(Cl)cc2Cl)cn1. The molecule has 0 saturated heterocycles. The highest BCUT2D eigenvalue weighted by atomic mass is 35.5. The third-order valence-electron chi connectivity index (χ3n) is 6.24. The number of para-hydroxylation sites is 1. The number of nitrogens with two attached hydrogens (primary N) is 1. The van der Waals surface area contributed by atoms with Gasteiger partial charge in [-0.25, -0.2) is 4.99 Å². The number of amides is 1. The number of benzene rings is 2. The number of anilines is 2. The summed E-state index contributed by atoms with van der Waals surface area (Å²) in [5, 5.41) is 14.4. The lowest BCUT2D eigenvalue weighted by atomic mass is 9.95. The van der Waals surface area contributed by atoms with Crippen LogP contribution in [0.2, 0.25) is 10.0 Å². The maximum Gasteiger partial charge on any atom is 0.302 e. The Balaban J connectivity index is 1.47. The number of fused-ring (bicyclic) bond motifs is 1. The van der Waals surface area contributed by atoms with Gasteiger partial charge < -0.3 is 20.8 Å². The first-order chi connectivity index (χ1) is 18.2. The first-order valence-corrected chi connectivity index (χ1v) is 12.7. The molecule has 2 unspecified atom stereocenters. The molecule has 0 spiro atoms. The van der Waals surface area contributed by atoms with Crippen molar-refractivity contribution in [2.24, 2.45) is 4.99 Å². The lowest BCUT2D eigenvalue weighted by Gasteiger charge is -2.27. The van der Waals surface area contributed by atoms with Crippen LogP contribution in [0.5, 0.6) is 0 Å². The number of aliphatic imine (C=N–C) groups is 1. The Morgan fingerprint density at radius 3 is 2.82 bits per heavy atom. The molecule has 1 aliphatic heterocycles. The van der Waals surface area contributed by atoms with Crippen molar-refractivity contribution in [3.8, 4) is 0 Å². The van der Waals surface area contributed by atoms with Crippen LogP contribution in [-0.4, -0.2) is 26.6 Å². The van der Waals surface area contributed by atoms with Crippen LogP contribution in [0.4, 0.5) is 11.7 Å². The normalized spacial score (nSPS) is 16.2. The molecule has 0 saturated carbocycles. The van der Waals surface area contributed by atoms with Gasteiger partial charge in [0.15, 0.2) is 5.58 Å². The molecule has 4 aromatic rings. The van der Waals surface area contributed by atoms with Crippen molar-refractivity contribution in [3.63, 3.8) is 0 Å². The van der Waals surface area contributed by atoms with Gasteiger partial charge in [0.05, 0.1) is 23.5 Å². The smallest absolute Gasteiger partial charge is 0.302 e. The summed E-state index contributed by atoms with van der Waals surface area (Å²) in [7, 11) is 0. The van der Waals surface area contributed by atoms with Gasteiger partial charge in [-0.15, -0.1) is 0 Å². The van der Waals surface area contributed by atoms with Crippen LogP contribution in [-0.2, 0) is 11.3 Å². The van der Waals surface area contributed by atoms with Gasteiger partial charge in [-0.2, -0.15) is 10.1 Å². The zero-order chi connectivity index (χ0) is 27.0. The summed E-state index contributed by atoms with van der Waals surface area (Å²) in [6.07, 6.45) is 3.65. The summed E-state index contributed by atoms with van der Waals surface area (Å²) in [5.74, 6) is 0.0395. The number of guanidine groups is 1. The molecule has 5 rings (SSSR count). The summed E-state index contributed by atoms with van der Waals surface area (Å²) in [6.45, 7) is 6.44. The predicted molar refractivity (Wildman–Crippen MR) is 149 cm³/mol. The first-order valence-electron chi connectivity index (χ1n) is 12.0. The molecule has 10 nitrogen and oxygen atoms in total. The van der Waals surface area contributed by atoms with E-state index in [1.807, 2.05) is 24.7 Å². The molecule has 196 valence electrons. The average Bonchev–Trinajstić information content (AvgIpc) is 3.51. The van der Waals surface area contributed by atoms with E-state index in [-0.39, 0.29) is 18.0 Å². The van der Waals surface area contributed by atoms with Gasteiger partial charge in [-0.3, -0.25) is 14.8 Å².